The van der Waals surface area contributed by atoms with Gasteiger partial charge in [-0.1, -0.05) is 26.0 Å². The van der Waals surface area contributed by atoms with Crippen LogP contribution in [0.1, 0.15) is 36.2 Å². The third kappa shape index (κ3) is 5.01. The van der Waals surface area contributed by atoms with Gasteiger partial charge in [0.25, 0.3) is 5.91 Å². The largest absolute Gasteiger partial charge is 0.480 e. The van der Waals surface area contributed by atoms with Gasteiger partial charge in [0.15, 0.2) is 0 Å². The molecule has 1 aromatic carbocycles. The van der Waals surface area contributed by atoms with E-state index in [1.165, 1.54) is 0 Å². The molecule has 0 saturated heterocycles. The highest BCUT2D eigenvalue weighted by molar-refractivity contribution is 5.96. The van der Waals surface area contributed by atoms with E-state index in [4.69, 9.17) is 9.84 Å². The van der Waals surface area contributed by atoms with Gasteiger partial charge in [0.05, 0.1) is 6.61 Å². The van der Waals surface area contributed by atoms with Crippen molar-refractivity contribution >= 4 is 11.9 Å². The number of hydrogen-bond donors (Lipinski definition) is 2. The van der Waals surface area contributed by atoms with Crippen LogP contribution < -0.4 is 5.32 Å². The van der Waals surface area contributed by atoms with E-state index in [-0.39, 0.29) is 11.8 Å². The predicted molar refractivity (Wildman–Crippen MR) is 75.5 cm³/mol. The van der Waals surface area contributed by atoms with E-state index in [1.54, 1.807) is 25.3 Å². The number of nitrogens with one attached hydrogen (secondary N) is 1. The Morgan fingerprint density at radius 1 is 1.35 bits per heavy atom. The van der Waals surface area contributed by atoms with Crippen LogP contribution in [0, 0.1) is 5.92 Å². The molecule has 1 amide bonds. The zero-order chi connectivity index (χ0) is 15.1. The van der Waals surface area contributed by atoms with Crippen LogP contribution in [-0.4, -0.2) is 30.1 Å². The summed E-state index contributed by atoms with van der Waals surface area (Å²) in [5.74, 6) is -1.20. The lowest BCUT2D eigenvalue weighted by Gasteiger charge is -2.16. The molecule has 0 heterocycles. The van der Waals surface area contributed by atoms with Crippen molar-refractivity contribution < 1.29 is 19.4 Å². The summed E-state index contributed by atoms with van der Waals surface area (Å²) in [7, 11) is 1.58. The van der Waals surface area contributed by atoms with Crippen molar-refractivity contribution in [1.29, 1.82) is 0 Å². The number of hydrogen-bond acceptors (Lipinski definition) is 3. The van der Waals surface area contributed by atoms with E-state index in [2.05, 4.69) is 5.32 Å². The molecule has 2 N–H and O–H groups in total. The molecule has 5 nitrogen and oxygen atoms in total. The number of ether oxygens (including phenoxy) is 1. The summed E-state index contributed by atoms with van der Waals surface area (Å²) in [6.45, 7) is 4.25. The molecule has 0 radical (unpaired) electrons. The quantitative estimate of drug-likeness (QED) is 0.801. The van der Waals surface area contributed by atoms with Gasteiger partial charge in [0.1, 0.15) is 6.04 Å². The van der Waals surface area contributed by atoms with Crippen molar-refractivity contribution in [3.05, 3.63) is 35.4 Å². The zero-order valence-corrected chi connectivity index (χ0v) is 12.1. The Morgan fingerprint density at radius 3 is 2.60 bits per heavy atom. The number of carbonyl (C=O) groups is 2. The van der Waals surface area contributed by atoms with Gasteiger partial charge in [-0.2, -0.15) is 0 Å². The van der Waals surface area contributed by atoms with Gasteiger partial charge in [-0.25, -0.2) is 4.79 Å². The molecule has 1 atom stereocenters. The topological polar surface area (TPSA) is 75.6 Å². The molecule has 110 valence electrons. The van der Waals surface area contributed by atoms with Crippen LogP contribution in [0.2, 0.25) is 0 Å². The summed E-state index contributed by atoms with van der Waals surface area (Å²) in [5.41, 5.74) is 1.31. The van der Waals surface area contributed by atoms with Gasteiger partial charge >= 0.3 is 5.97 Å². The van der Waals surface area contributed by atoms with Crippen LogP contribution in [0.4, 0.5) is 0 Å². The van der Waals surface area contributed by atoms with Crippen LogP contribution in [0.15, 0.2) is 24.3 Å². The maximum absolute atomic E-state index is 12.1. The SMILES string of the molecule is COCc1cccc(C(=O)N[C@H](CC(C)C)C(=O)O)c1. The summed E-state index contributed by atoms with van der Waals surface area (Å²) in [4.78, 5) is 23.2. The standard InChI is InChI=1S/C15H21NO4/c1-10(2)7-13(15(18)19)16-14(17)12-6-4-5-11(8-12)9-20-3/h4-6,8,10,13H,7,9H2,1-3H3,(H,16,17)(H,18,19)/t13-/m1/s1. The molecule has 0 saturated carbocycles. The average Bonchev–Trinajstić information content (AvgIpc) is 2.38. The van der Waals surface area contributed by atoms with Gasteiger partial charge in [-0.3, -0.25) is 4.79 Å². The van der Waals surface area contributed by atoms with Crippen molar-refractivity contribution in [3.8, 4) is 0 Å². The summed E-state index contributed by atoms with van der Waals surface area (Å²) in [5, 5.41) is 11.7. The van der Waals surface area contributed by atoms with Gasteiger partial charge in [-0.15, -0.1) is 0 Å². The highest BCUT2D eigenvalue weighted by atomic mass is 16.5. The van der Waals surface area contributed by atoms with Crippen LogP contribution in [0.25, 0.3) is 0 Å². The number of carboxylic acid groups (broad SMARTS) is 1. The Morgan fingerprint density at radius 2 is 2.05 bits per heavy atom. The fourth-order valence-electron chi connectivity index (χ4n) is 1.90. The van der Waals surface area contributed by atoms with E-state index in [1.807, 2.05) is 19.9 Å². The maximum atomic E-state index is 12.1. The summed E-state index contributed by atoms with van der Waals surface area (Å²) in [6.07, 6.45) is 0.402. The minimum absolute atomic E-state index is 0.191. The Labute approximate surface area is 118 Å². The molecule has 20 heavy (non-hydrogen) atoms. The predicted octanol–water partition coefficient (Wildman–Crippen LogP) is 2.06. The number of carbonyl (C=O) groups excluding carboxylic acids is 1. The van der Waals surface area contributed by atoms with Crippen molar-refractivity contribution in [2.75, 3.05) is 7.11 Å². The molecule has 0 fully saturated rings. The number of aliphatic carboxylic acids is 1. The minimum atomic E-state index is -1.01. The summed E-state index contributed by atoms with van der Waals surface area (Å²) >= 11 is 0. The van der Waals surface area contributed by atoms with Gasteiger partial charge < -0.3 is 15.2 Å². The minimum Gasteiger partial charge on any atom is -0.480 e. The van der Waals surface area contributed by atoms with Crippen LogP contribution in [0.5, 0.6) is 0 Å². The number of rotatable bonds is 7. The Balaban J connectivity index is 2.78. The molecule has 0 bridgehead atoms. The Bertz CT molecular complexity index is 471. The van der Waals surface area contributed by atoms with Crippen LogP contribution in [-0.2, 0) is 16.1 Å². The average molecular weight is 279 g/mol. The summed E-state index contributed by atoms with van der Waals surface area (Å²) < 4.78 is 5.01. The molecule has 0 aliphatic rings. The highest BCUT2D eigenvalue weighted by Gasteiger charge is 2.21. The van der Waals surface area contributed by atoms with E-state index in [9.17, 15) is 9.59 Å². The first-order valence-electron chi connectivity index (χ1n) is 6.55. The zero-order valence-electron chi connectivity index (χ0n) is 12.1. The molecule has 0 aliphatic carbocycles. The smallest absolute Gasteiger partial charge is 0.326 e. The van der Waals surface area contributed by atoms with Crippen molar-refractivity contribution in [2.45, 2.75) is 32.9 Å². The highest BCUT2D eigenvalue weighted by Crippen LogP contribution is 2.09. The number of carboxylic acids is 1. The first kappa shape index (κ1) is 16.2. The molecule has 1 aromatic rings. The van der Waals surface area contributed by atoms with Crippen LogP contribution in [0.3, 0.4) is 0 Å². The molecule has 1 rings (SSSR count). The molecule has 0 unspecified atom stereocenters. The third-order valence-corrected chi connectivity index (χ3v) is 2.81. The lowest BCUT2D eigenvalue weighted by atomic mass is 10.0. The molecule has 5 heteroatoms. The van der Waals surface area contributed by atoms with E-state index in [0.29, 0.717) is 18.6 Å². The van der Waals surface area contributed by atoms with E-state index < -0.39 is 12.0 Å². The third-order valence-electron chi connectivity index (χ3n) is 2.81. The van der Waals surface area contributed by atoms with E-state index in [0.717, 1.165) is 5.56 Å². The first-order chi connectivity index (χ1) is 9.43. The van der Waals surface area contributed by atoms with Gasteiger partial charge in [-0.05, 0) is 30.0 Å². The van der Waals surface area contributed by atoms with Gasteiger partial charge in [0.2, 0.25) is 0 Å². The summed E-state index contributed by atoms with van der Waals surface area (Å²) in [6, 6.07) is 6.09. The second-order valence-electron chi connectivity index (χ2n) is 5.13. The Kier molecular flexibility index (Phi) is 6.18. The first-order valence-corrected chi connectivity index (χ1v) is 6.55. The second kappa shape index (κ2) is 7.65. The molecule has 0 aliphatic heterocycles. The fraction of sp³-hybridized carbons (Fsp3) is 0.467. The van der Waals surface area contributed by atoms with Gasteiger partial charge in [0, 0.05) is 12.7 Å². The molecule has 0 aromatic heterocycles. The molecular weight excluding hydrogens is 258 g/mol. The van der Waals surface area contributed by atoms with Crippen LogP contribution >= 0.6 is 0 Å². The number of benzene rings is 1. The maximum Gasteiger partial charge on any atom is 0.326 e. The number of amides is 1. The van der Waals surface area contributed by atoms with Crippen molar-refractivity contribution in [2.24, 2.45) is 5.92 Å². The van der Waals surface area contributed by atoms with Crippen molar-refractivity contribution in [3.63, 3.8) is 0 Å². The normalized spacial score (nSPS) is 12.2. The van der Waals surface area contributed by atoms with Crippen molar-refractivity contribution in [1.82, 2.24) is 5.32 Å². The second-order valence-corrected chi connectivity index (χ2v) is 5.13. The van der Waals surface area contributed by atoms with E-state index >= 15 is 0 Å². The number of methoxy groups -OCH3 is 1. The monoisotopic (exact) mass is 279 g/mol. The molecular formula is C15H21NO4. The molecule has 0 spiro atoms. The lowest BCUT2D eigenvalue weighted by Crippen LogP contribution is -2.41. The lowest BCUT2D eigenvalue weighted by molar-refractivity contribution is -0.139. The fourth-order valence-corrected chi connectivity index (χ4v) is 1.90. The Hall–Kier alpha value is -1.88.